The third-order valence-electron chi connectivity index (χ3n) is 3.22. The number of nitro groups is 1. The van der Waals surface area contributed by atoms with Gasteiger partial charge in [-0.3, -0.25) is 10.1 Å². The fourth-order valence-electron chi connectivity index (χ4n) is 2.17. The van der Waals surface area contributed by atoms with Gasteiger partial charge in [-0.2, -0.15) is 0 Å². The summed E-state index contributed by atoms with van der Waals surface area (Å²) in [6.45, 7) is 2.00. The van der Waals surface area contributed by atoms with E-state index in [2.05, 4.69) is 5.32 Å². The average molecular weight is 271 g/mol. The summed E-state index contributed by atoms with van der Waals surface area (Å²) in [5.41, 5.74) is 3.18. The van der Waals surface area contributed by atoms with Gasteiger partial charge in [0.25, 0.3) is 0 Å². The van der Waals surface area contributed by atoms with Crippen molar-refractivity contribution in [1.82, 2.24) is 0 Å². The summed E-state index contributed by atoms with van der Waals surface area (Å²) in [6.07, 6.45) is 0. The lowest BCUT2D eigenvalue weighted by Gasteiger charge is -2.20. The highest BCUT2D eigenvalue weighted by Gasteiger charge is 2.22. The summed E-state index contributed by atoms with van der Waals surface area (Å²) < 4.78 is 0. The zero-order valence-corrected chi connectivity index (χ0v) is 11.8. The second kappa shape index (κ2) is 5.61. The Labute approximate surface area is 118 Å². The van der Waals surface area contributed by atoms with Crippen molar-refractivity contribution in [3.05, 3.63) is 58.1 Å². The van der Waals surface area contributed by atoms with Crippen LogP contribution in [0, 0.1) is 17.0 Å². The van der Waals surface area contributed by atoms with Gasteiger partial charge in [-0.15, -0.1) is 0 Å². The Balaban J connectivity index is 2.54. The molecule has 5 nitrogen and oxygen atoms in total. The Bertz CT molecular complexity index is 641. The number of rotatable bonds is 4. The van der Waals surface area contributed by atoms with E-state index in [1.165, 1.54) is 0 Å². The minimum absolute atomic E-state index is 0.0824. The van der Waals surface area contributed by atoms with Crippen molar-refractivity contribution in [2.24, 2.45) is 0 Å². The van der Waals surface area contributed by atoms with Crippen LogP contribution in [-0.4, -0.2) is 19.0 Å². The SMILES string of the molecule is CNc1cccc(N(C)c2cccc(C)c2)c1[N+](=O)[O-]. The molecule has 2 aromatic rings. The molecule has 0 aromatic heterocycles. The first-order valence-electron chi connectivity index (χ1n) is 6.30. The first-order chi connectivity index (χ1) is 9.54. The van der Waals surface area contributed by atoms with Crippen molar-refractivity contribution >= 4 is 22.7 Å². The molecule has 104 valence electrons. The number of hydrogen-bond acceptors (Lipinski definition) is 4. The van der Waals surface area contributed by atoms with Crippen molar-refractivity contribution in [2.75, 3.05) is 24.3 Å². The number of nitrogens with one attached hydrogen (secondary N) is 1. The van der Waals surface area contributed by atoms with Crippen molar-refractivity contribution in [3.63, 3.8) is 0 Å². The second-order valence-electron chi connectivity index (χ2n) is 4.58. The Hall–Kier alpha value is -2.56. The van der Waals surface area contributed by atoms with E-state index in [0.717, 1.165) is 11.3 Å². The quantitative estimate of drug-likeness (QED) is 0.680. The molecule has 0 heterocycles. The molecule has 0 aliphatic heterocycles. The number of anilines is 3. The Morgan fingerprint density at radius 3 is 2.50 bits per heavy atom. The molecule has 0 saturated carbocycles. The van der Waals surface area contributed by atoms with E-state index in [9.17, 15) is 10.1 Å². The number of para-hydroxylation sites is 1. The molecule has 0 bridgehead atoms. The van der Waals surface area contributed by atoms with Gasteiger partial charge >= 0.3 is 5.69 Å². The highest BCUT2D eigenvalue weighted by Crippen LogP contribution is 2.37. The summed E-state index contributed by atoms with van der Waals surface area (Å²) in [5.74, 6) is 0. The molecule has 0 amide bonds. The van der Waals surface area contributed by atoms with Crippen LogP contribution in [0.3, 0.4) is 0 Å². The van der Waals surface area contributed by atoms with E-state index in [1.54, 1.807) is 25.2 Å². The maximum absolute atomic E-state index is 11.3. The maximum atomic E-state index is 11.3. The number of nitro benzene ring substituents is 1. The summed E-state index contributed by atoms with van der Waals surface area (Å²) in [7, 11) is 3.51. The van der Waals surface area contributed by atoms with E-state index in [0.29, 0.717) is 11.4 Å². The zero-order valence-electron chi connectivity index (χ0n) is 11.8. The molecular formula is C15H17N3O2. The zero-order chi connectivity index (χ0) is 14.7. The lowest BCUT2D eigenvalue weighted by Crippen LogP contribution is -2.12. The maximum Gasteiger partial charge on any atom is 0.315 e. The normalized spacial score (nSPS) is 10.2. The first kappa shape index (κ1) is 13.9. The largest absolute Gasteiger partial charge is 0.382 e. The Kier molecular flexibility index (Phi) is 3.89. The molecule has 5 heteroatoms. The first-order valence-corrected chi connectivity index (χ1v) is 6.30. The van der Waals surface area contributed by atoms with Crippen LogP contribution in [0.1, 0.15) is 5.56 Å². The molecule has 0 spiro atoms. The van der Waals surface area contributed by atoms with Crippen LogP contribution in [-0.2, 0) is 0 Å². The predicted molar refractivity (Wildman–Crippen MR) is 81.9 cm³/mol. The number of nitrogens with zero attached hydrogens (tertiary/aromatic N) is 2. The minimum atomic E-state index is -0.354. The van der Waals surface area contributed by atoms with Gasteiger partial charge in [0.2, 0.25) is 0 Å². The van der Waals surface area contributed by atoms with Crippen molar-refractivity contribution in [2.45, 2.75) is 6.92 Å². The summed E-state index contributed by atoms with van der Waals surface area (Å²) in [5, 5.41) is 14.2. The number of hydrogen-bond donors (Lipinski definition) is 1. The van der Waals surface area contributed by atoms with Gasteiger partial charge in [-0.05, 0) is 36.8 Å². The van der Waals surface area contributed by atoms with Gasteiger partial charge in [0.05, 0.1) is 4.92 Å². The molecule has 0 unspecified atom stereocenters. The van der Waals surface area contributed by atoms with Crippen molar-refractivity contribution in [3.8, 4) is 0 Å². The molecule has 0 aliphatic rings. The smallest absolute Gasteiger partial charge is 0.315 e. The van der Waals surface area contributed by atoms with Gasteiger partial charge < -0.3 is 10.2 Å². The molecule has 0 saturated heterocycles. The summed E-state index contributed by atoms with van der Waals surface area (Å²) >= 11 is 0. The van der Waals surface area contributed by atoms with Gasteiger partial charge in [0.1, 0.15) is 11.4 Å². The third kappa shape index (κ3) is 2.56. The number of benzene rings is 2. The average Bonchev–Trinajstić information content (AvgIpc) is 2.45. The van der Waals surface area contributed by atoms with E-state index in [1.807, 2.05) is 43.1 Å². The molecule has 2 rings (SSSR count). The molecule has 0 radical (unpaired) electrons. The fourth-order valence-corrected chi connectivity index (χ4v) is 2.17. The van der Waals surface area contributed by atoms with E-state index < -0.39 is 0 Å². The molecule has 0 atom stereocenters. The van der Waals surface area contributed by atoms with Gasteiger partial charge in [0.15, 0.2) is 0 Å². The molecule has 0 aliphatic carbocycles. The van der Waals surface area contributed by atoms with Gasteiger partial charge in [-0.1, -0.05) is 18.2 Å². The highest BCUT2D eigenvalue weighted by molar-refractivity contribution is 5.80. The standard InChI is InChI=1S/C15H17N3O2/c1-11-6-4-7-12(10-11)17(3)14-9-5-8-13(16-2)15(14)18(19)20/h4-10,16H,1-3H3. The lowest BCUT2D eigenvalue weighted by molar-refractivity contribution is -0.383. The van der Waals surface area contributed by atoms with Crippen LogP contribution in [0.5, 0.6) is 0 Å². The Morgan fingerprint density at radius 1 is 1.20 bits per heavy atom. The second-order valence-corrected chi connectivity index (χ2v) is 4.58. The Morgan fingerprint density at radius 2 is 1.90 bits per heavy atom. The summed E-state index contributed by atoms with van der Waals surface area (Å²) in [6, 6.07) is 13.1. The highest BCUT2D eigenvalue weighted by atomic mass is 16.6. The van der Waals surface area contributed by atoms with Crippen molar-refractivity contribution < 1.29 is 4.92 Å². The van der Waals surface area contributed by atoms with Crippen LogP contribution in [0.2, 0.25) is 0 Å². The van der Waals surface area contributed by atoms with E-state index >= 15 is 0 Å². The van der Waals surface area contributed by atoms with Crippen LogP contribution >= 0.6 is 0 Å². The number of aryl methyl sites for hydroxylation is 1. The van der Waals surface area contributed by atoms with Crippen molar-refractivity contribution in [1.29, 1.82) is 0 Å². The summed E-state index contributed by atoms with van der Waals surface area (Å²) in [4.78, 5) is 12.8. The third-order valence-corrected chi connectivity index (χ3v) is 3.22. The molecule has 20 heavy (non-hydrogen) atoms. The van der Waals surface area contributed by atoms with Gasteiger partial charge in [0, 0.05) is 19.8 Å². The van der Waals surface area contributed by atoms with E-state index in [4.69, 9.17) is 0 Å². The van der Waals surface area contributed by atoms with Crippen LogP contribution < -0.4 is 10.2 Å². The van der Waals surface area contributed by atoms with Crippen LogP contribution in [0.4, 0.5) is 22.7 Å². The van der Waals surface area contributed by atoms with Crippen LogP contribution in [0.15, 0.2) is 42.5 Å². The topological polar surface area (TPSA) is 58.4 Å². The molecule has 0 fully saturated rings. The van der Waals surface area contributed by atoms with E-state index in [-0.39, 0.29) is 10.6 Å². The molecule has 1 N–H and O–H groups in total. The molecular weight excluding hydrogens is 254 g/mol. The lowest BCUT2D eigenvalue weighted by atomic mass is 10.1. The predicted octanol–water partition coefficient (Wildman–Crippen LogP) is 3.71. The van der Waals surface area contributed by atoms with Gasteiger partial charge in [-0.25, -0.2) is 0 Å². The monoisotopic (exact) mass is 271 g/mol. The van der Waals surface area contributed by atoms with Crippen LogP contribution in [0.25, 0.3) is 0 Å². The minimum Gasteiger partial charge on any atom is -0.382 e. The molecule has 2 aromatic carbocycles. The fraction of sp³-hybridized carbons (Fsp3) is 0.200.